The third kappa shape index (κ3) is 3.85. The van der Waals surface area contributed by atoms with Crippen LogP contribution < -0.4 is 5.32 Å². The van der Waals surface area contributed by atoms with Crippen LogP contribution in [0.2, 0.25) is 0 Å². The number of hydrogen-bond acceptors (Lipinski definition) is 2. The third-order valence-corrected chi connectivity index (χ3v) is 2.43. The first kappa shape index (κ1) is 12.4. The van der Waals surface area contributed by atoms with Crippen molar-refractivity contribution in [3.8, 4) is 0 Å². The highest BCUT2D eigenvalue weighted by atomic mass is 16.2. The largest absolute Gasteiger partial charge is 0.346 e. The van der Waals surface area contributed by atoms with Crippen LogP contribution in [0.15, 0.2) is 30.3 Å². The molecule has 0 aliphatic carbocycles. The van der Waals surface area contributed by atoms with Crippen molar-refractivity contribution in [2.45, 2.75) is 32.7 Å². The Morgan fingerprint density at radius 3 is 2.38 bits per heavy atom. The number of amides is 1. The topological polar surface area (TPSA) is 46.2 Å². The lowest BCUT2D eigenvalue weighted by atomic mass is 10.0. The predicted molar refractivity (Wildman–Crippen MR) is 63.0 cm³/mol. The van der Waals surface area contributed by atoms with Gasteiger partial charge in [0.1, 0.15) is 0 Å². The molecular formula is C13H17NO2. The highest BCUT2D eigenvalue weighted by Gasteiger charge is 2.16. The lowest BCUT2D eigenvalue weighted by Gasteiger charge is -2.15. The number of nitrogens with one attached hydrogen (secondary N) is 1. The SMILES string of the molecule is CCC(=O)NC(Cc1ccccc1)C(C)=O. The average Bonchev–Trinajstić information content (AvgIpc) is 2.29. The van der Waals surface area contributed by atoms with Gasteiger partial charge in [-0.3, -0.25) is 9.59 Å². The van der Waals surface area contributed by atoms with Gasteiger partial charge in [-0.2, -0.15) is 0 Å². The highest BCUT2D eigenvalue weighted by molar-refractivity contribution is 5.87. The van der Waals surface area contributed by atoms with Crippen LogP contribution in [0.25, 0.3) is 0 Å². The molecule has 3 nitrogen and oxygen atoms in total. The summed E-state index contributed by atoms with van der Waals surface area (Å²) in [7, 11) is 0. The summed E-state index contributed by atoms with van der Waals surface area (Å²) in [5, 5.41) is 2.73. The van der Waals surface area contributed by atoms with E-state index < -0.39 is 6.04 Å². The van der Waals surface area contributed by atoms with E-state index in [9.17, 15) is 9.59 Å². The normalized spacial score (nSPS) is 11.9. The summed E-state index contributed by atoms with van der Waals surface area (Å²) in [6.45, 7) is 3.28. The van der Waals surface area contributed by atoms with Crippen LogP contribution in [0.4, 0.5) is 0 Å². The van der Waals surface area contributed by atoms with Gasteiger partial charge >= 0.3 is 0 Å². The van der Waals surface area contributed by atoms with Crippen LogP contribution in [-0.2, 0) is 16.0 Å². The van der Waals surface area contributed by atoms with Gasteiger partial charge in [-0.25, -0.2) is 0 Å². The maximum absolute atomic E-state index is 11.4. The minimum Gasteiger partial charge on any atom is -0.346 e. The van der Waals surface area contributed by atoms with Gasteiger partial charge in [0, 0.05) is 6.42 Å². The highest BCUT2D eigenvalue weighted by Crippen LogP contribution is 2.04. The maximum atomic E-state index is 11.4. The van der Waals surface area contributed by atoms with Gasteiger partial charge in [-0.1, -0.05) is 37.3 Å². The molecule has 86 valence electrons. The van der Waals surface area contributed by atoms with E-state index in [1.165, 1.54) is 6.92 Å². The molecular weight excluding hydrogens is 202 g/mol. The quantitative estimate of drug-likeness (QED) is 0.819. The summed E-state index contributed by atoms with van der Waals surface area (Å²) in [5.74, 6) is -0.0956. The summed E-state index contributed by atoms with van der Waals surface area (Å²) < 4.78 is 0. The molecule has 0 aliphatic rings. The molecule has 0 radical (unpaired) electrons. The molecule has 16 heavy (non-hydrogen) atoms. The molecule has 1 unspecified atom stereocenters. The fourth-order valence-electron chi connectivity index (χ4n) is 1.44. The zero-order valence-corrected chi connectivity index (χ0v) is 9.69. The monoisotopic (exact) mass is 219 g/mol. The molecule has 1 aromatic carbocycles. The molecule has 0 spiro atoms. The zero-order chi connectivity index (χ0) is 12.0. The first-order chi connectivity index (χ1) is 7.63. The second kappa shape index (κ2) is 6.05. The molecule has 1 aromatic rings. The molecule has 0 saturated heterocycles. The molecule has 1 N–H and O–H groups in total. The zero-order valence-electron chi connectivity index (χ0n) is 9.69. The van der Waals surface area contributed by atoms with Gasteiger partial charge in [0.05, 0.1) is 6.04 Å². The number of benzene rings is 1. The van der Waals surface area contributed by atoms with Crippen LogP contribution in [0.5, 0.6) is 0 Å². The molecule has 0 bridgehead atoms. The van der Waals surface area contributed by atoms with Crippen molar-refractivity contribution in [3.63, 3.8) is 0 Å². The molecule has 1 atom stereocenters. The molecule has 0 saturated carbocycles. The Bertz CT molecular complexity index is 359. The van der Waals surface area contributed by atoms with Crippen LogP contribution in [-0.4, -0.2) is 17.7 Å². The Balaban J connectivity index is 2.65. The van der Waals surface area contributed by atoms with Gasteiger partial charge < -0.3 is 5.32 Å². The molecule has 3 heteroatoms. The number of Topliss-reactive ketones (excluding diaryl/α,β-unsaturated/α-hetero) is 1. The predicted octanol–water partition coefficient (Wildman–Crippen LogP) is 1.71. The second-order valence-corrected chi connectivity index (χ2v) is 3.77. The number of carbonyl (C=O) groups is 2. The van der Waals surface area contributed by atoms with E-state index in [4.69, 9.17) is 0 Å². The van der Waals surface area contributed by atoms with Crippen molar-refractivity contribution in [1.29, 1.82) is 0 Å². The van der Waals surface area contributed by atoms with Crippen LogP contribution in [0.3, 0.4) is 0 Å². The fraction of sp³-hybridized carbons (Fsp3) is 0.385. The van der Waals surface area contributed by atoms with E-state index in [0.29, 0.717) is 12.8 Å². The number of carbonyl (C=O) groups excluding carboxylic acids is 2. The summed E-state index contributed by atoms with van der Waals surface area (Å²) in [6.07, 6.45) is 0.959. The summed E-state index contributed by atoms with van der Waals surface area (Å²) in [4.78, 5) is 22.6. The smallest absolute Gasteiger partial charge is 0.220 e. The van der Waals surface area contributed by atoms with E-state index in [1.54, 1.807) is 6.92 Å². The van der Waals surface area contributed by atoms with Crippen LogP contribution >= 0.6 is 0 Å². The lowest BCUT2D eigenvalue weighted by molar-refractivity contribution is -0.126. The number of ketones is 1. The Morgan fingerprint density at radius 2 is 1.88 bits per heavy atom. The Labute approximate surface area is 95.9 Å². The Morgan fingerprint density at radius 1 is 1.25 bits per heavy atom. The van der Waals surface area contributed by atoms with Crippen molar-refractivity contribution in [3.05, 3.63) is 35.9 Å². The summed E-state index contributed by atoms with van der Waals surface area (Å²) in [5.41, 5.74) is 1.05. The first-order valence-corrected chi connectivity index (χ1v) is 5.47. The Hall–Kier alpha value is -1.64. The summed E-state index contributed by atoms with van der Waals surface area (Å²) >= 11 is 0. The molecule has 0 heterocycles. The minimum absolute atomic E-state index is 0.00865. The van der Waals surface area contributed by atoms with E-state index in [-0.39, 0.29) is 11.7 Å². The summed E-state index contributed by atoms with van der Waals surface area (Å²) in [6, 6.07) is 9.27. The number of hydrogen-bond donors (Lipinski definition) is 1. The molecule has 0 aliphatic heterocycles. The Kier molecular flexibility index (Phi) is 4.70. The van der Waals surface area contributed by atoms with Gasteiger partial charge in [-0.05, 0) is 18.9 Å². The van der Waals surface area contributed by atoms with Crippen molar-refractivity contribution in [2.75, 3.05) is 0 Å². The van der Waals surface area contributed by atoms with Crippen molar-refractivity contribution < 1.29 is 9.59 Å². The standard InChI is InChI=1S/C13H17NO2/c1-3-13(16)14-12(10(2)15)9-11-7-5-4-6-8-11/h4-8,12H,3,9H2,1-2H3,(H,14,16). The van der Waals surface area contributed by atoms with Crippen molar-refractivity contribution in [1.82, 2.24) is 5.32 Å². The average molecular weight is 219 g/mol. The molecule has 1 rings (SSSR count). The van der Waals surface area contributed by atoms with Gasteiger partial charge in [0.2, 0.25) is 5.91 Å². The van der Waals surface area contributed by atoms with Crippen molar-refractivity contribution >= 4 is 11.7 Å². The van der Waals surface area contributed by atoms with Crippen LogP contribution in [0.1, 0.15) is 25.8 Å². The maximum Gasteiger partial charge on any atom is 0.220 e. The molecule has 0 aromatic heterocycles. The van der Waals surface area contributed by atoms with Crippen LogP contribution in [0, 0.1) is 0 Å². The third-order valence-electron chi connectivity index (χ3n) is 2.43. The molecule has 0 fully saturated rings. The van der Waals surface area contributed by atoms with E-state index in [2.05, 4.69) is 5.32 Å². The molecule has 1 amide bonds. The number of rotatable bonds is 5. The van der Waals surface area contributed by atoms with Gasteiger partial charge in [0.15, 0.2) is 5.78 Å². The van der Waals surface area contributed by atoms with Gasteiger partial charge in [-0.15, -0.1) is 0 Å². The minimum atomic E-state index is -0.408. The second-order valence-electron chi connectivity index (χ2n) is 3.77. The van der Waals surface area contributed by atoms with E-state index in [1.807, 2.05) is 30.3 Å². The van der Waals surface area contributed by atoms with Crippen molar-refractivity contribution in [2.24, 2.45) is 0 Å². The van der Waals surface area contributed by atoms with Gasteiger partial charge in [0.25, 0.3) is 0 Å². The first-order valence-electron chi connectivity index (χ1n) is 5.47. The fourth-order valence-corrected chi connectivity index (χ4v) is 1.44. The lowest BCUT2D eigenvalue weighted by Crippen LogP contribution is -2.40. The van der Waals surface area contributed by atoms with E-state index >= 15 is 0 Å². The van der Waals surface area contributed by atoms with E-state index in [0.717, 1.165) is 5.56 Å².